The molecule has 0 unspecified atom stereocenters. The van der Waals surface area contributed by atoms with Crippen molar-refractivity contribution in [3.8, 4) is 33.4 Å². The maximum atomic E-state index is 6.85. The van der Waals surface area contributed by atoms with Crippen LogP contribution in [-0.2, 0) is 0 Å². The van der Waals surface area contributed by atoms with Crippen LogP contribution in [0.5, 0.6) is 0 Å². The number of hydrogen-bond donors (Lipinski definition) is 0. The fraction of sp³-hybridized carbons (Fsp3) is 0. The van der Waals surface area contributed by atoms with Crippen molar-refractivity contribution in [2.75, 3.05) is 0 Å². The molecule has 62 heavy (non-hydrogen) atoms. The lowest BCUT2D eigenvalue weighted by molar-refractivity contribution is 0.658. The molecular formula is C60H34O2. The normalized spacial score (nSPS) is 12.2. The van der Waals surface area contributed by atoms with E-state index in [1.54, 1.807) is 0 Å². The molecule has 0 bridgehead atoms. The summed E-state index contributed by atoms with van der Waals surface area (Å²) in [4.78, 5) is 0. The molecule has 0 spiro atoms. The maximum absolute atomic E-state index is 6.85. The summed E-state index contributed by atoms with van der Waals surface area (Å²) in [6, 6.07) is 75.0. The van der Waals surface area contributed by atoms with Gasteiger partial charge in [0, 0.05) is 21.5 Å². The summed E-state index contributed by atoms with van der Waals surface area (Å²) < 4.78 is 13.7. The zero-order valence-electron chi connectivity index (χ0n) is 33.4. The summed E-state index contributed by atoms with van der Waals surface area (Å²) in [7, 11) is 0. The zero-order valence-corrected chi connectivity index (χ0v) is 33.4. The second kappa shape index (κ2) is 12.7. The summed E-state index contributed by atoms with van der Waals surface area (Å²) in [6.07, 6.45) is 0. The van der Waals surface area contributed by atoms with E-state index in [9.17, 15) is 0 Å². The van der Waals surface area contributed by atoms with E-state index in [2.05, 4.69) is 206 Å². The van der Waals surface area contributed by atoms with Gasteiger partial charge in [-0.05, 0) is 135 Å². The Balaban J connectivity index is 0.988. The Morgan fingerprint density at radius 2 is 0.500 bits per heavy atom. The van der Waals surface area contributed by atoms with Crippen LogP contribution in [0.1, 0.15) is 0 Å². The van der Waals surface area contributed by atoms with Crippen molar-refractivity contribution in [3.63, 3.8) is 0 Å². The number of furan rings is 2. The minimum atomic E-state index is 0.833. The molecule has 2 aromatic heterocycles. The first-order valence-corrected chi connectivity index (χ1v) is 21.3. The fourth-order valence-corrected chi connectivity index (χ4v) is 10.5. The highest BCUT2D eigenvalue weighted by atomic mass is 16.3. The molecule has 14 aromatic rings. The van der Waals surface area contributed by atoms with Crippen LogP contribution in [0, 0.1) is 0 Å². The summed E-state index contributed by atoms with van der Waals surface area (Å²) >= 11 is 0. The molecule has 0 saturated heterocycles. The van der Waals surface area contributed by atoms with Gasteiger partial charge in [-0.25, -0.2) is 0 Å². The van der Waals surface area contributed by atoms with Crippen LogP contribution in [0.25, 0.3) is 142 Å². The average Bonchev–Trinajstić information content (AvgIpc) is 3.90. The first-order chi connectivity index (χ1) is 30.7. The van der Waals surface area contributed by atoms with Crippen LogP contribution < -0.4 is 0 Å². The van der Waals surface area contributed by atoms with Crippen LogP contribution in [0.2, 0.25) is 0 Å². The summed E-state index contributed by atoms with van der Waals surface area (Å²) in [5, 5.41) is 19.6. The topological polar surface area (TPSA) is 26.3 Å². The molecule has 0 fully saturated rings. The third-order valence-electron chi connectivity index (χ3n) is 13.4. The monoisotopic (exact) mass is 786 g/mol. The molecule has 0 aliphatic heterocycles. The van der Waals surface area contributed by atoms with Crippen LogP contribution in [0.15, 0.2) is 215 Å². The van der Waals surface area contributed by atoms with E-state index in [-0.39, 0.29) is 0 Å². The minimum Gasteiger partial charge on any atom is -0.455 e. The van der Waals surface area contributed by atoms with E-state index >= 15 is 0 Å². The molecule has 0 saturated carbocycles. The third kappa shape index (κ3) is 4.75. The first kappa shape index (κ1) is 33.6. The predicted octanol–water partition coefficient (Wildman–Crippen LogP) is 17.4. The van der Waals surface area contributed by atoms with Gasteiger partial charge in [0.05, 0.1) is 5.56 Å². The molecule has 0 atom stereocenters. The van der Waals surface area contributed by atoms with Gasteiger partial charge in [-0.1, -0.05) is 164 Å². The zero-order chi connectivity index (χ0) is 40.5. The number of hydrogen-bond acceptors (Lipinski definition) is 2. The SMILES string of the molecule is c1ccc(-c2c3oc4ccc(-c5ccc6c7ccccc7c7ccccc7c6c5)cc4c3cc3c2oc2ccc(-c4ccc5c6ccccc6c6ccccc6c5c4)cc23)cc1. The molecular weight excluding hydrogens is 753 g/mol. The van der Waals surface area contributed by atoms with Crippen molar-refractivity contribution in [1.29, 1.82) is 0 Å². The fourth-order valence-electron chi connectivity index (χ4n) is 10.5. The standard InChI is InChI=1S/C60H34O2/c1-2-12-35(13-3-1)58-59-54(52-32-38(24-28-56(52)61-59)36-22-26-48-44-18-6-4-14-40(44)42-16-8-10-20-46(42)50(48)30-36)34-55-53-33-39(25-29-57(53)62-60(55)58)37-23-27-49-45-19-7-5-15-41(45)43-17-9-11-21-47(43)51(49)31-37/h1-34H. The lowest BCUT2D eigenvalue weighted by atomic mass is 9.91. The van der Waals surface area contributed by atoms with Gasteiger partial charge in [0.1, 0.15) is 22.3 Å². The van der Waals surface area contributed by atoms with E-state index < -0.39 is 0 Å². The van der Waals surface area contributed by atoms with Crippen molar-refractivity contribution < 1.29 is 8.83 Å². The average molecular weight is 787 g/mol. The van der Waals surface area contributed by atoms with Gasteiger partial charge < -0.3 is 8.83 Å². The second-order valence-electron chi connectivity index (χ2n) is 16.7. The number of benzene rings is 12. The van der Waals surface area contributed by atoms with Crippen LogP contribution >= 0.6 is 0 Å². The molecule has 0 aliphatic rings. The number of rotatable bonds is 3. The van der Waals surface area contributed by atoms with Crippen LogP contribution in [0.3, 0.4) is 0 Å². The Morgan fingerprint density at radius 3 is 0.887 bits per heavy atom. The number of fused-ring (bicyclic) bond motifs is 18. The highest BCUT2D eigenvalue weighted by molar-refractivity contribution is 6.28. The quantitative estimate of drug-likeness (QED) is 0.167. The van der Waals surface area contributed by atoms with Crippen LogP contribution in [-0.4, -0.2) is 0 Å². The van der Waals surface area contributed by atoms with Crippen molar-refractivity contribution in [3.05, 3.63) is 206 Å². The van der Waals surface area contributed by atoms with Gasteiger partial charge in [0.15, 0.2) is 0 Å². The molecule has 0 N–H and O–H groups in total. The van der Waals surface area contributed by atoms with Gasteiger partial charge in [-0.3, -0.25) is 0 Å². The van der Waals surface area contributed by atoms with E-state index in [0.717, 1.165) is 66.1 Å². The Morgan fingerprint density at radius 1 is 0.194 bits per heavy atom. The lowest BCUT2D eigenvalue weighted by Gasteiger charge is -2.12. The predicted molar refractivity (Wildman–Crippen MR) is 262 cm³/mol. The molecule has 2 nitrogen and oxygen atoms in total. The van der Waals surface area contributed by atoms with Crippen molar-refractivity contribution in [1.82, 2.24) is 0 Å². The molecule has 0 amide bonds. The van der Waals surface area contributed by atoms with Gasteiger partial charge in [-0.2, -0.15) is 0 Å². The Hall–Kier alpha value is -8.20. The summed E-state index contributed by atoms with van der Waals surface area (Å²) in [6.45, 7) is 0. The van der Waals surface area contributed by atoms with E-state index in [4.69, 9.17) is 8.83 Å². The molecule has 14 rings (SSSR count). The highest BCUT2D eigenvalue weighted by Gasteiger charge is 2.22. The third-order valence-corrected chi connectivity index (χ3v) is 13.4. The first-order valence-electron chi connectivity index (χ1n) is 21.3. The van der Waals surface area contributed by atoms with E-state index in [1.807, 2.05) is 0 Å². The van der Waals surface area contributed by atoms with E-state index in [1.165, 1.54) is 75.8 Å². The highest BCUT2D eigenvalue weighted by Crippen LogP contribution is 2.47. The lowest BCUT2D eigenvalue weighted by Crippen LogP contribution is -1.85. The molecule has 2 heteroatoms. The summed E-state index contributed by atoms with van der Waals surface area (Å²) in [5.74, 6) is 0. The van der Waals surface area contributed by atoms with Gasteiger partial charge in [0.25, 0.3) is 0 Å². The van der Waals surface area contributed by atoms with Crippen molar-refractivity contribution >= 4 is 109 Å². The Bertz CT molecular complexity index is 3880. The largest absolute Gasteiger partial charge is 0.455 e. The second-order valence-corrected chi connectivity index (χ2v) is 16.7. The Kier molecular flexibility index (Phi) is 6.86. The Labute approximate surface area is 355 Å². The van der Waals surface area contributed by atoms with Crippen LogP contribution in [0.4, 0.5) is 0 Å². The van der Waals surface area contributed by atoms with Gasteiger partial charge in [0.2, 0.25) is 0 Å². The molecule has 0 radical (unpaired) electrons. The molecule has 0 aliphatic carbocycles. The maximum Gasteiger partial charge on any atom is 0.147 e. The van der Waals surface area contributed by atoms with E-state index in [0.29, 0.717) is 0 Å². The van der Waals surface area contributed by atoms with Crippen molar-refractivity contribution in [2.24, 2.45) is 0 Å². The minimum absolute atomic E-state index is 0.833. The van der Waals surface area contributed by atoms with Gasteiger partial charge >= 0.3 is 0 Å². The van der Waals surface area contributed by atoms with Crippen molar-refractivity contribution in [2.45, 2.75) is 0 Å². The molecule has 12 aromatic carbocycles. The van der Waals surface area contributed by atoms with Gasteiger partial charge in [-0.15, -0.1) is 0 Å². The molecule has 286 valence electrons. The summed E-state index contributed by atoms with van der Waals surface area (Å²) in [5.41, 5.74) is 10.1. The smallest absolute Gasteiger partial charge is 0.147 e. The molecule has 2 heterocycles.